The number of aliphatic hydroxyl groups is 3. The van der Waals surface area contributed by atoms with Crippen molar-refractivity contribution in [1.29, 1.82) is 0 Å². The van der Waals surface area contributed by atoms with Crippen LogP contribution in [0, 0.1) is 39.9 Å². The normalized spacial score (nSPS) is 50.0. The van der Waals surface area contributed by atoms with Crippen molar-refractivity contribution in [3.8, 4) is 0 Å². The molecular weight excluding hydrogens is 671 g/mol. The number of fused-ring (bicyclic) bond motifs is 8. The fraction of sp³-hybridized carbons (Fsp3) is 0.750. The Labute approximate surface area is 304 Å². The van der Waals surface area contributed by atoms with Crippen LogP contribution in [0.2, 0.25) is 0 Å². The molecule has 0 bridgehead atoms. The monoisotopic (exact) mass is 723 g/mol. The van der Waals surface area contributed by atoms with E-state index in [0.717, 1.165) is 50.5 Å². The first-order chi connectivity index (χ1) is 24.5. The van der Waals surface area contributed by atoms with Gasteiger partial charge in [-0.15, -0.1) is 11.8 Å². The van der Waals surface area contributed by atoms with E-state index >= 15 is 0 Å². The highest BCUT2D eigenvalue weighted by Crippen LogP contribution is 2.74. The number of aliphatic hydroxyl groups excluding tert-OH is 2. The van der Waals surface area contributed by atoms with Crippen LogP contribution in [0.5, 0.6) is 0 Å². The van der Waals surface area contributed by atoms with Crippen molar-refractivity contribution in [1.82, 2.24) is 5.32 Å². The van der Waals surface area contributed by atoms with Crippen LogP contribution >= 0.6 is 11.8 Å². The molecule has 1 unspecified atom stereocenters. The maximum absolute atomic E-state index is 13.2. The molecule has 3 saturated heterocycles. The highest BCUT2D eigenvalue weighted by atomic mass is 32.2. The van der Waals surface area contributed by atoms with Gasteiger partial charge in [-0.3, -0.25) is 10.1 Å². The first-order valence-electron chi connectivity index (χ1n) is 19.3. The van der Waals surface area contributed by atoms with E-state index in [0.29, 0.717) is 37.2 Å². The van der Waals surface area contributed by atoms with Gasteiger partial charge in [-0.05, 0) is 93.0 Å². The Kier molecular flexibility index (Phi) is 8.45. The van der Waals surface area contributed by atoms with Crippen molar-refractivity contribution >= 4 is 23.5 Å². The molecule has 1 aromatic carbocycles. The lowest BCUT2D eigenvalue weighted by molar-refractivity contribution is -0.450. The van der Waals surface area contributed by atoms with Crippen LogP contribution in [-0.4, -0.2) is 93.9 Å². The van der Waals surface area contributed by atoms with Gasteiger partial charge < -0.3 is 34.3 Å². The Balaban J connectivity index is 0.981. The summed E-state index contributed by atoms with van der Waals surface area (Å²) in [5, 5.41) is 39.2. The van der Waals surface area contributed by atoms with Gasteiger partial charge in [-0.25, -0.2) is 4.79 Å². The number of ether oxygens (including phenoxy) is 4. The highest BCUT2D eigenvalue weighted by molar-refractivity contribution is 8.01. The van der Waals surface area contributed by atoms with E-state index < -0.39 is 28.5 Å². The minimum absolute atomic E-state index is 0.0256. The number of carbonyl (C=O) groups is 2. The molecule has 4 heterocycles. The summed E-state index contributed by atoms with van der Waals surface area (Å²) in [4.78, 5) is 24.3. The number of cyclic esters (lactones) is 1. The van der Waals surface area contributed by atoms with E-state index in [-0.39, 0.29) is 77.7 Å². The summed E-state index contributed by atoms with van der Waals surface area (Å²) in [6, 6.07) is 9.18. The number of esters is 1. The molecule has 4 aliphatic carbocycles. The third kappa shape index (κ3) is 4.94. The lowest BCUT2D eigenvalue weighted by atomic mass is 9.39. The summed E-state index contributed by atoms with van der Waals surface area (Å²) in [5.41, 5.74) is 0.848. The zero-order chi connectivity index (χ0) is 35.4. The quantitative estimate of drug-likeness (QED) is 0.189. The molecule has 0 aromatic heterocycles. The number of rotatable bonds is 6. The first kappa shape index (κ1) is 34.9. The van der Waals surface area contributed by atoms with Crippen molar-refractivity contribution in [2.24, 2.45) is 39.9 Å². The molecule has 51 heavy (non-hydrogen) atoms. The number of hydrogen-bond donors (Lipinski definition) is 4. The molecule has 9 rings (SSSR count). The van der Waals surface area contributed by atoms with Crippen molar-refractivity contribution in [2.75, 3.05) is 25.6 Å². The Hall–Kier alpha value is -1.83. The smallest absolute Gasteiger partial charge is 0.331 e. The topological polar surface area (TPSA) is 144 Å². The van der Waals surface area contributed by atoms with Crippen molar-refractivity contribution < 1.29 is 43.9 Å². The lowest BCUT2D eigenvalue weighted by Crippen LogP contribution is -2.76. The van der Waals surface area contributed by atoms with Crippen LogP contribution in [0.3, 0.4) is 0 Å². The molecule has 0 radical (unpaired) electrons. The summed E-state index contributed by atoms with van der Waals surface area (Å²) < 4.78 is 25.3. The van der Waals surface area contributed by atoms with Gasteiger partial charge in [-0.1, -0.05) is 37.3 Å². The largest absolute Gasteiger partial charge is 0.458 e. The SMILES string of the molecule is C[C@@H]1C[C@@]2(N[C@@H](CC(=O)c3ccccc3)CS2)C2(O)O[C@@H]3C[C@@]4(CO)[C@@H](CC[C@@H]5[C@@H]4CC[C@]4(C)[C@@H](C6=CC(=O)OC6)CC[C@]54CO)C[C@H]3O[C@@H]2O1. The molecular formula is C40H53NO9S. The summed E-state index contributed by atoms with van der Waals surface area (Å²) in [7, 11) is 0. The number of ketones is 1. The molecule has 8 aliphatic rings. The maximum atomic E-state index is 13.2. The van der Waals surface area contributed by atoms with Crippen molar-refractivity contribution in [3.05, 3.63) is 47.5 Å². The molecule has 4 saturated carbocycles. The molecule has 14 atom stereocenters. The maximum Gasteiger partial charge on any atom is 0.331 e. The molecule has 278 valence electrons. The number of hydrogen-bond acceptors (Lipinski definition) is 11. The van der Waals surface area contributed by atoms with Crippen LogP contribution in [0.4, 0.5) is 0 Å². The van der Waals surface area contributed by atoms with Gasteiger partial charge in [0.05, 0.1) is 18.3 Å². The summed E-state index contributed by atoms with van der Waals surface area (Å²) in [5.74, 6) is -0.511. The number of thioether (sulfide) groups is 1. The molecule has 4 N–H and O–H groups in total. The van der Waals surface area contributed by atoms with Gasteiger partial charge in [0.1, 0.15) is 11.5 Å². The average molecular weight is 724 g/mol. The van der Waals surface area contributed by atoms with Crippen LogP contribution in [0.25, 0.3) is 0 Å². The first-order valence-corrected chi connectivity index (χ1v) is 20.3. The van der Waals surface area contributed by atoms with Gasteiger partial charge in [0.25, 0.3) is 0 Å². The van der Waals surface area contributed by atoms with Crippen molar-refractivity contribution in [3.63, 3.8) is 0 Å². The van der Waals surface area contributed by atoms with E-state index in [1.54, 1.807) is 17.8 Å². The Morgan fingerprint density at radius 1 is 1.00 bits per heavy atom. The van der Waals surface area contributed by atoms with E-state index in [4.69, 9.17) is 18.9 Å². The molecule has 10 nitrogen and oxygen atoms in total. The third-order valence-corrected chi connectivity index (χ3v) is 17.1. The molecule has 4 aliphatic heterocycles. The zero-order valence-corrected chi connectivity index (χ0v) is 30.6. The predicted molar refractivity (Wildman–Crippen MR) is 188 cm³/mol. The Morgan fingerprint density at radius 2 is 1.82 bits per heavy atom. The summed E-state index contributed by atoms with van der Waals surface area (Å²) in [6.07, 6.45) is 7.47. The van der Waals surface area contributed by atoms with Gasteiger partial charge in [0.2, 0.25) is 12.1 Å². The van der Waals surface area contributed by atoms with Gasteiger partial charge >= 0.3 is 5.97 Å². The summed E-state index contributed by atoms with van der Waals surface area (Å²) >= 11 is 1.60. The van der Waals surface area contributed by atoms with Crippen LogP contribution in [-0.2, 0) is 23.7 Å². The minimum atomic E-state index is -1.79. The van der Waals surface area contributed by atoms with Crippen molar-refractivity contribution in [2.45, 2.75) is 119 Å². The third-order valence-electron chi connectivity index (χ3n) is 15.5. The average Bonchev–Trinajstić information content (AvgIpc) is 3.82. The second kappa shape index (κ2) is 12.3. The second-order valence-corrected chi connectivity index (χ2v) is 18.8. The van der Waals surface area contributed by atoms with Crippen LogP contribution in [0.1, 0.15) is 88.4 Å². The van der Waals surface area contributed by atoms with Gasteiger partial charge in [-0.2, -0.15) is 0 Å². The van der Waals surface area contributed by atoms with E-state index in [2.05, 4.69) is 12.2 Å². The van der Waals surface area contributed by atoms with E-state index in [1.807, 2.05) is 37.3 Å². The zero-order valence-electron chi connectivity index (χ0n) is 29.8. The fourth-order valence-corrected chi connectivity index (χ4v) is 14.8. The fourth-order valence-electron chi connectivity index (χ4n) is 13.1. The Morgan fingerprint density at radius 3 is 2.57 bits per heavy atom. The molecule has 1 spiro atoms. The van der Waals surface area contributed by atoms with E-state index in [9.17, 15) is 24.9 Å². The molecule has 7 fully saturated rings. The number of carbonyl (C=O) groups excluding carboxylic acids is 2. The van der Waals surface area contributed by atoms with Crippen LogP contribution < -0.4 is 5.32 Å². The predicted octanol–water partition coefficient (Wildman–Crippen LogP) is 4.36. The minimum Gasteiger partial charge on any atom is -0.458 e. The van der Waals surface area contributed by atoms with E-state index in [1.165, 1.54) is 0 Å². The second-order valence-electron chi connectivity index (χ2n) is 17.5. The number of benzene rings is 1. The van der Waals surface area contributed by atoms with Crippen LogP contribution in [0.15, 0.2) is 42.0 Å². The Bertz CT molecular complexity index is 1590. The van der Waals surface area contributed by atoms with Gasteiger partial charge in [0, 0.05) is 60.3 Å². The number of nitrogens with one attached hydrogen (secondary N) is 1. The molecule has 0 amide bonds. The number of Topliss-reactive ketones (excluding diaryl/α,β-unsaturated/α-hetero) is 1. The summed E-state index contributed by atoms with van der Waals surface area (Å²) in [6.45, 7) is 4.80. The molecule has 11 heteroatoms. The lowest BCUT2D eigenvalue weighted by Gasteiger charge is -2.67. The van der Waals surface area contributed by atoms with Gasteiger partial charge in [0.15, 0.2) is 5.78 Å². The highest BCUT2D eigenvalue weighted by Gasteiger charge is 2.72. The molecule has 1 aromatic rings. The standard InChI is InChI=1S/C40H53NO9S/c1-23-17-39(41-27(20-51-39)16-31(44)24-6-4-3-5-7-24)40(46)35(48-23)49-32-15-26-8-9-30-29(37(26,21-42)18-33(32)50-40)10-12-36(2)28(11-13-38(30,36)22-43)25-14-34(45)47-19-25/h3-7,14,23,26-30,32-33,35,41-43,46H,8-13,15-22H2,1-2H3/t23-,26+,27+,28-,29+,30-,32-,33-,35+,36-,37-,38+,39+,40?/m1/s1.